The highest BCUT2D eigenvalue weighted by atomic mass is 16.5. The summed E-state index contributed by atoms with van der Waals surface area (Å²) in [5, 5.41) is 0. The van der Waals surface area contributed by atoms with Crippen LogP contribution in [0, 0.1) is 27.7 Å². The largest absolute Gasteiger partial charge is 0.461 e. The molecule has 12 heterocycles. The van der Waals surface area contributed by atoms with Crippen molar-refractivity contribution in [1.29, 1.82) is 0 Å². The van der Waals surface area contributed by atoms with Gasteiger partial charge in [-0.05, 0) is 111 Å². The molecule has 21 heteroatoms. The maximum Gasteiger partial charge on any atom is 0.310 e. The van der Waals surface area contributed by atoms with Gasteiger partial charge >= 0.3 is 23.9 Å². The van der Waals surface area contributed by atoms with Gasteiger partial charge in [0.25, 0.3) is 0 Å². The molecule has 0 aromatic carbocycles. The molecule has 1 unspecified atom stereocenters. The molecule has 0 amide bonds. The Balaban J connectivity index is 0.939. The molecule has 1 atom stereocenters. The van der Waals surface area contributed by atoms with Crippen LogP contribution in [0.15, 0.2) is 98.1 Å². The highest BCUT2D eigenvalue weighted by Gasteiger charge is 2.61. The van der Waals surface area contributed by atoms with Gasteiger partial charge in [0.1, 0.15) is 52.6 Å². The SMILES string of the molecule is Cc1c(CC(=O)OCc2cc[n+](CCCN)cc2)c2n3c1Cc1c(C)c(CCC(=O)OCc4cc[n+](CCCN)cc4)c4n1[N+]31n3c(c(C)c(CC(=O)OCc5cc[n+](CCCN)cc5)c3Cc3c(C)c(CCC(=O)OCc5cc[n+](CCCN)cc5)c(n31)C4)C2. The van der Waals surface area contributed by atoms with Crippen LogP contribution in [0.5, 0.6) is 0 Å². The second-order valence-electron chi connectivity index (χ2n) is 24.8. The second-order valence-corrected chi connectivity index (χ2v) is 24.8. The molecular formula is C70H88N13O8+5. The molecule has 4 aliphatic heterocycles. The van der Waals surface area contributed by atoms with E-state index in [9.17, 15) is 19.2 Å². The molecule has 4 aliphatic rings. The summed E-state index contributed by atoms with van der Waals surface area (Å²) in [5.41, 5.74) is 43.0. The Labute approximate surface area is 531 Å². The zero-order valence-corrected chi connectivity index (χ0v) is 53.2. The van der Waals surface area contributed by atoms with Crippen molar-refractivity contribution in [1.82, 2.24) is 23.6 Å². The molecule has 0 saturated heterocycles. The Bertz CT molecular complexity index is 4010. The number of rotatable bonds is 30. The van der Waals surface area contributed by atoms with Gasteiger partial charge in [-0.25, -0.2) is 18.3 Å². The molecule has 21 nitrogen and oxygen atoms in total. The highest BCUT2D eigenvalue weighted by molar-refractivity contribution is 5.76. The average Bonchev–Trinajstić information content (AvgIpc) is 1.50. The quantitative estimate of drug-likeness (QED) is 0.0216. The number of hydrogen-bond donors (Lipinski definition) is 4. The van der Waals surface area contributed by atoms with Crippen molar-refractivity contribution < 1.29 is 56.4 Å². The Morgan fingerprint density at radius 3 is 0.901 bits per heavy atom. The van der Waals surface area contributed by atoms with E-state index in [0.29, 0.717) is 64.7 Å². The lowest BCUT2D eigenvalue weighted by Gasteiger charge is -2.51. The van der Waals surface area contributed by atoms with E-state index >= 15 is 0 Å². The number of pyridine rings is 4. The van der Waals surface area contributed by atoms with E-state index in [-0.39, 0.29) is 80.9 Å². The number of ether oxygens (including phenoxy) is 4. The molecule has 0 fully saturated rings. The summed E-state index contributed by atoms with van der Waals surface area (Å²) < 4.78 is 42.4. The maximum atomic E-state index is 14.5. The van der Waals surface area contributed by atoms with Gasteiger partial charge in [-0.1, -0.05) is 0 Å². The average molecular weight is 1240 g/mol. The number of carbonyl (C=O) groups excluding carboxylic acids is 4. The van der Waals surface area contributed by atoms with Gasteiger partial charge in [-0.2, -0.15) is 0 Å². The first-order chi connectivity index (χ1) is 44.2. The van der Waals surface area contributed by atoms with Crippen LogP contribution in [0.4, 0.5) is 0 Å². The number of nitrogens with two attached hydrogens (primary N) is 4. The minimum atomic E-state index is -0.340. The first-order valence-corrected chi connectivity index (χ1v) is 32.4. The Morgan fingerprint density at radius 2 is 0.615 bits per heavy atom. The standard InChI is InChI=1S/C70H88N13O8/c1-47-55(9-11-67(84)88-43-51-13-29-75(30-14-51)25-5-21-71)63-42-64-56(10-12-68(85)89-44-52-15-31-76(32-16-52)26-6-22-72)48(2)61-40-65-58(38-70(87)91-46-54-19-35-78(36-20-54)28-8-24-74)50(4)62-41-66-57(37-69(86)90-45-53-17-33-77(34-18-53)27-7-23-73)49(3)60-39-59(47)79(63)83(80(61)64,81(60)66)82(62)65/h13-20,29-36H,5-12,21-28,37-46,71-74H2,1-4H3/q+5. The van der Waals surface area contributed by atoms with Crippen LogP contribution in [0.3, 0.4) is 0 Å². The van der Waals surface area contributed by atoms with Crippen LogP contribution < -0.4 is 46.1 Å². The number of esters is 4. The third-order valence-corrected chi connectivity index (χ3v) is 19.1. The molecule has 476 valence electrons. The van der Waals surface area contributed by atoms with Crippen molar-refractivity contribution in [2.75, 3.05) is 26.2 Å². The van der Waals surface area contributed by atoms with Gasteiger partial charge in [0, 0.05) is 135 Å². The molecule has 91 heavy (non-hydrogen) atoms. The van der Waals surface area contributed by atoms with Crippen molar-refractivity contribution in [3.63, 3.8) is 0 Å². The maximum absolute atomic E-state index is 14.5. The van der Waals surface area contributed by atoms with Crippen molar-refractivity contribution in [3.8, 4) is 0 Å². The third-order valence-electron chi connectivity index (χ3n) is 19.1. The fraction of sp³-hybridized carbons (Fsp3) is 0.429. The lowest BCUT2D eigenvalue weighted by atomic mass is 9.96. The number of aryl methyl sites for hydroxylation is 4. The molecule has 8 aromatic heterocycles. The van der Waals surface area contributed by atoms with E-state index in [4.69, 9.17) is 41.9 Å². The Morgan fingerprint density at radius 1 is 0.374 bits per heavy atom. The van der Waals surface area contributed by atoms with Gasteiger partial charge in [0.2, 0.25) is 0 Å². The zero-order valence-electron chi connectivity index (χ0n) is 53.2. The number of nitrogens with zero attached hydrogens (tertiary/aromatic N) is 9. The Kier molecular flexibility index (Phi) is 18.6. The summed E-state index contributed by atoms with van der Waals surface area (Å²) in [4.78, 5) is 57.0. The van der Waals surface area contributed by atoms with E-state index in [1.54, 1.807) is 0 Å². The fourth-order valence-corrected chi connectivity index (χ4v) is 14.2. The number of hydrogen-bond acceptors (Lipinski definition) is 12. The summed E-state index contributed by atoms with van der Waals surface area (Å²) in [5.74, 6) is -1.27. The van der Waals surface area contributed by atoms with E-state index < -0.39 is 0 Å². The van der Waals surface area contributed by atoms with Crippen LogP contribution in [0.1, 0.15) is 151 Å². The molecule has 8 aromatic rings. The molecule has 8 N–H and O–H groups in total. The van der Waals surface area contributed by atoms with Gasteiger partial charge in [-0.15, -0.1) is 18.7 Å². The van der Waals surface area contributed by atoms with E-state index in [2.05, 4.69) is 64.7 Å². The summed E-state index contributed by atoms with van der Waals surface area (Å²) in [6, 6.07) is 15.8. The molecule has 1 spiro atoms. The monoisotopic (exact) mass is 1240 g/mol. The van der Waals surface area contributed by atoms with Gasteiger partial charge in [0.05, 0.1) is 63.3 Å². The minimum absolute atomic E-state index is 0.00787. The molecule has 0 bridgehead atoms. The smallest absolute Gasteiger partial charge is 0.310 e. The van der Waals surface area contributed by atoms with Crippen molar-refractivity contribution in [2.24, 2.45) is 22.9 Å². The van der Waals surface area contributed by atoms with Crippen LogP contribution >= 0.6 is 0 Å². The Hall–Kier alpha value is -8.60. The predicted molar refractivity (Wildman–Crippen MR) is 336 cm³/mol. The van der Waals surface area contributed by atoms with Crippen LogP contribution in [-0.4, -0.2) is 68.8 Å². The number of quaternary nitrogens is 1. The van der Waals surface area contributed by atoms with Crippen molar-refractivity contribution >= 4 is 23.9 Å². The normalized spacial score (nSPS) is 14.5. The van der Waals surface area contributed by atoms with Gasteiger partial charge < -0.3 is 41.9 Å². The second kappa shape index (κ2) is 27.1. The van der Waals surface area contributed by atoms with Crippen molar-refractivity contribution in [3.05, 3.63) is 210 Å². The lowest BCUT2D eigenvalue weighted by Crippen LogP contribution is -2.76. The van der Waals surface area contributed by atoms with E-state index in [0.717, 1.165) is 164 Å². The van der Waals surface area contributed by atoms with Gasteiger partial charge in [-0.3, -0.25) is 19.2 Å². The molecule has 12 rings (SSSR count). The first kappa shape index (κ1) is 62.6. The topological polar surface area (TPSA) is 245 Å². The molecule has 0 radical (unpaired) electrons. The molecule has 0 aliphatic carbocycles. The number of carbonyl (C=O) groups is 4. The third kappa shape index (κ3) is 12.2. The lowest BCUT2D eigenvalue weighted by molar-refractivity contribution is -0.697. The minimum Gasteiger partial charge on any atom is -0.461 e. The zero-order chi connectivity index (χ0) is 63.5. The first-order valence-electron chi connectivity index (χ1n) is 32.4. The van der Waals surface area contributed by atoms with Crippen LogP contribution in [-0.2, 0) is 142 Å². The van der Waals surface area contributed by atoms with E-state index in [1.165, 1.54) is 0 Å². The van der Waals surface area contributed by atoms with Gasteiger partial charge in [0.15, 0.2) is 49.6 Å². The van der Waals surface area contributed by atoms with Crippen LogP contribution in [0.25, 0.3) is 0 Å². The van der Waals surface area contributed by atoms with Crippen molar-refractivity contribution in [2.45, 2.75) is 170 Å². The summed E-state index contributed by atoms with van der Waals surface area (Å²) in [6.07, 6.45) is 22.7. The summed E-state index contributed by atoms with van der Waals surface area (Å²) in [7, 11) is 0. The number of aromatic nitrogens is 8. The molecular weight excluding hydrogens is 1150 g/mol. The van der Waals surface area contributed by atoms with Crippen LogP contribution in [0.2, 0.25) is 0 Å². The molecule has 0 saturated carbocycles. The summed E-state index contributed by atoms with van der Waals surface area (Å²) >= 11 is 0. The highest BCUT2D eigenvalue weighted by Crippen LogP contribution is 2.51. The fourth-order valence-electron chi connectivity index (χ4n) is 14.2. The summed E-state index contributed by atoms with van der Waals surface area (Å²) in [6.45, 7) is 14.8. The van der Waals surface area contributed by atoms with E-state index in [1.807, 2.05) is 98.1 Å². The predicted octanol–water partition coefficient (Wildman–Crippen LogP) is 4.04.